The van der Waals surface area contributed by atoms with E-state index in [0.717, 1.165) is 42.0 Å². The Morgan fingerprint density at radius 2 is 1.54 bits per heavy atom. The first kappa shape index (κ1) is 23.1. The highest BCUT2D eigenvalue weighted by Gasteiger charge is 2.21. The van der Waals surface area contributed by atoms with Gasteiger partial charge in [-0.25, -0.2) is 23.1 Å². The van der Waals surface area contributed by atoms with E-state index in [2.05, 4.69) is 37.5 Å². The maximum Gasteiger partial charge on any atom is 0.264 e. The van der Waals surface area contributed by atoms with Gasteiger partial charge in [-0.15, -0.1) is 0 Å². The van der Waals surface area contributed by atoms with Crippen LogP contribution in [0.15, 0.2) is 65.6 Å². The first-order chi connectivity index (χ1) is 16.8. The molecule has 5 rings (SSSR count). The third-order valence-corrected chi connectivity index (χ3v) is 7.65. The molecule has 0 aliphatic heterocycles. The van der Waals surface area contributed by atoms with E-state index in [1.54, 1.807) is 39.2 Å². The minimum absolute atomic E-state index is 0.0767. The van der Waals surface area contributed by atoms with E-state index in [-0.39, 0.29) is 10.8 Å². The molecule has 1 aliphatic rings. The van der Waals surface area contributed by atoms with Crippen molar-refractivity contribution in [3.8, 4) is 22.7 Å². The zero-order chi connectivity index (χ0) is 24.6. The number of benzene rings is 2. The summed E-state index contributed by atoms with van der Waals surface area (Å²) in [5, 5.41) is 0. The van der Waals surface area contributed by atoms with E-state index in [4.69, 9.17) is 4.74 Å². The van der Waals surface area contributed by atoms with Crippen molar-refractivity contribution in [3.05, 3.63) is 83.3 Å². The average Bonchev–Trinajstić information content (AvgIpc) is 3.23. The summed E-state index contributed by atoms with van der Waals surface area (Å²) in [4.78, 5) is 8.55. The van der Waals surface area contributed by atoms with Crippen LogP contribution in [0.4, 0.5) is 5.95 Å². The molecule has 2 aromatic heterocycles. The number of fused-ring (bicyclic) bond motifs is 1. The van der Waals surface area contributed by atoms with Gasteiger partial charge in [0.2, 0.25) is 5.95 Å². The smallest absolute Gasteiger partial charge is 0.264 e. The summed E-state index contributed by atoms with van der Waals surface area (Å²) in [5.74, 6) is 0.888. The highest BCUT2D eigenvalue weighted by atomic mass is 32.2. The Morgan fingerprint density at radius 3 is 2.20 bits per heavy atom. The van der Waals surface area contributed by atoms with Crippen molar-refractivity contribution < 1.29 is 13.2 Å². The van der Waals surface area contributed by atoms with Crippen LogP contribution in [0.25, 0.3) is 16.9 Å². The Kier molecular flexibility index (Phi) is 6.06. The van der Waals surface area contributed by atoms with Crippen molar-refractivity contribution in [2.45, 2.75) is 44.4 Å². The normalized spacial score (nSPS) is 13.3. The van der Waals surface area contributed by atoms with Crippen molar-refractivity contribution in [2.75, 3.05) is 11.8 Å². The third kappa shape index (κ3) is 4.66. The van der Waals surface area contributed by atoms with Crippen LogP contribution < -0.4 is 9.46 Å². The van der Waals surface area contributed by atoms with Crippen molar-refractivity contribution in [1.29, 1.82) is 0 Å². The molecule has 0 saturated carbocycles. The predicted molar refractivity (Wildman–Crippen MR) is 137 cm³/mol. The lowest BCUT2D eigenvalue weighted by atomic mass is 9.98. The SMILES string of the molecule is COc1ccc(-c2cc3c(n2-c2ccc(S(=O)(=O)Nc4nc(C)cc(C)n4)cc2)CCCC3)cc1. The van der Waals surface area contributed by atoms with Gasteiger partial charge >= 0.3 is 0 Å². The van der Waals surface area contributed by atoms with Crippen molar-refractivity contribution in [2.24, 2.45) is 0 Å². The topological polar surface area (TPSA) is 86.1 Å². The summed E-state index contributed by atoms with van der Waals surface area (Å²) < 4.78 is 36.1. The second-order valence-corrected chi connectivity index (χ2v) is 10.5. The van der Waals surface area contributed by atoms with Crippen LogP contribution in [0, 0.1) is 13.8 Å². The van der Waals surface area contributed by atoms with Crippen molar-refractivity contribution in [3.63, 3.8) is 0 Å². The third-order valence-electron chi connectivity index (χ3n) is 6.30. The predicted octanol–water partition coefficient (Wildman–Crippen LogP) is 5.24. The van der Waals surface area contributed by atoms with Gasteiger partial charge in [0.05, 0.1) is 17.7 Å². The largest absolute Gasteiger partial charge is 0.497 e. The molecule has 1 aliphatic carbocycles. The fourth-order valence-electron chi connectivity index (χ4n) is 4.69. The highest BCUT2D eigenvalue weighted by Crippen LogP contribution is 2.35. The van der Waals surface area contributed by atoms with E-state index < -0.39 is 10.0 Å². The number of rotatable bonds is 6. The molecular weight excluding hydrogens is 460 g/mol. The summed E-state index contributed by atoms with van der Waals surface area (Å²) in [6.45, 7) is 3.61. The Morgan fingerprint density at radius 1 is 0.886 bits per heavy atom. The fraction of sp³-hybridized carbons (Fsp3) is 0.259. The molecule has 2 aromatic carbocycles. The Balaban J connectivity index is 1.51. The average molecular weight is 489 g/mol. The molecule has 2 heterocycles. The molecule has 0 saturated heterocycles. The Hall–Kier alpha value is -3.65. The second-order valence-electron chi connectivity index (χ2n) is 8.85. The first-order valence-corrected chi connectivity index (χ1v) is 13.2. The van der Waals surface area contributed by atoms with Gasteiger partial charge in [0.25, 0.3) is 10.0 Å². The fourth-order valence-corrected chi connectivity index (χ4v) is 5.64. The van der Waals surface area contributed by atoms with E-state index in [9.17, 15) is 8.42 Å². The summed E-state index contributed by atoms with van der Waals surface area (Å²) in [7, 11) is -2.16. The molecule has 0 radical (unpaired) electrons. The van der Waals surface area contributed by atoms with Crippen LogP contribution in [0.5, 0.6) is 5.75 Å². The van der Waals surface area contributed by atoms with Crippen molar-refractivity contribution in [1.82, 2.24) is 14.5 Å². The van der Waals surface area contributed by atoms with Crippen molar-refractivity contribution >= 4 is 16.0 Å². The molecule has 180 valence electrons. The number of ether oxygens (including phenoxy) is 1. The number of sulfonamides is 1. The van der Waals surface area contributed by atoms with Gasteiger partial charge in [0.15, 0.2) is 0 Å². The molecular formula is C27H28N4O3S. The van der Waals surface area contributed by atoms with E-state index in [1.807, 2.05) is 24.3 Å². The van der Waals surface area contributed by atoms with Crippen LogP contribution >= 0.6 is 0 Å². The number of hydrogen-bond acceptors (Lipinski definition) is 5. The second kappa shape index (κ2) is 9.19. The minimum Gasteiger partial charge on any atom is -0.497 e. The van der Waals surface area contributed by atoms with Gasteiger partial charge in [0.1, 0.15) is 5.75 Å². The van der Waals surface area contributed by atoms with Crippen LogP contribution in [-0.4, -0.2) is 30.1 Å². The number of nitrogens with one attached hydrogen (secondary N) is 1. The zero-order valence-electron chi connectivity index (χ0n) is 20.1. The Bertz CT molecular complexity index is 1450. The molecule has 0 atom stereocenters. The highest BCUT2D eigenvalue weighted by molar-refractivity contribution is 7.92. The number of aryl methyl sites for hydroxylation is 3. The minimum atomic E-state index is -3.82. The summed E-state index contributed by atoms with van der Waals surface area (Å²) in [6, 6.07) is 19.1. The lowest BCUT2D eigenvalue weighted by molar-refractivity contribution is 0.415. The molecule has 1 N–H and O–H groups in total. The lowest BCUT2D eigenvalue weighted by Crippen LogP contribution is -2.16. The van der Waals surface area contributed by atoms with Gasteiger partial charge in [-0.3, -0.25) is 0 Å². The van der Waals surface area contributed by atoms with Gasteiger partial charge in [-0.1, -0.05) is 0 Å². The number of aromatic nitrogens is 3. The van der Waals surface area contributed by atoms with Gasteiger partial charge in [-0.05, 0) is 111 Å². The molecule has 0 spiro atoms. The summed E-state index contributed by atoms with van der Waals surface area (Å²) in [5.41, 5.74) is 7.16. The van der Waals surface area contributed by atoms with Gasteiger partial charge in [-0.2, -0.15) is 0 Å². The molecule has 8 heteroatoms. The molecule has 0 amide bonds. The van der Waals surface area contributed by atoms with Crippen LogP contribution in [-0.2, 0) is 22.9 Å². The molecule has 7 nitrogen and oxygen atoms in total. The van der Waals surface area contributed by atoms with Crippen LogP contribution in [0.3, 0.4) is 0 Å². The number of anilines is 1. The van der Waals surface area contributed by atoms with E-state index >= 15 is 0 Å². The van der Waals surface area contributed by atoms with Crippen LogP contribution in [0.2, 0.25) is 0 Å². The summed E-state index contributed by atoms with van der Waals surface area (Å²) in [6.07, 6.45) is 4.38. The maximum absolute atomic E-state index is 13.0. The first-order valence-electron chi connectivity index (χ1n) is 11.7. The van der Waals surface area contributed by atoms with Crippen LogP contribution in [0.1, 0.15) is 35.5 Å². The lowest BCUT2D eigenvalue weighted by Gasteiger charge is -2.18. The Labute approximate surface area is 205 Å². The van der Waals surface area contributed by atoms with E-state index in [0.29, 0.717) is 11.4 Å². The molecule has 35 heavy (non-hydrogen) atoms. The van der Waals surface area contributed by atoms with E-state index in [1.165, 1.54) is 17.7 Å². The number of methoxy groups -OCH3 is 1. The van der Waals surface area contributed by atoms with Gasteiger partial charge < -0.3 is 9.30 Å². The maximum atomic E-state index is 13.0. The van der Waals surface area contributed by atoms with Gasteiger partial charge in [0, 0.05) is 22.8 Å². The molecule has 0 bridgehead atoms. The quantitative estimate of drug-likeness (QED) is 0.401. The monoisotopic (exact) mass is 488 g/mol. The number of hydrogen-bond donors (Lipinski definition) is 1. The number of nitrogens with zero attached hydrogens (tertiary/aromatic N) is 3. The standard InChI is InChI=1S/C27H28N4O3S/c1-18-16-19(2)29-27(28-18)30-35(32,33)24-14-10-22(11-15-24)31-25-7-5-4-6-21(25)17-26(31)20-8-12-23(34-3)13-9-20/h8-17H,4-7H2,1-3H3,(H,28,29,30). The molecule has 0 fully saturated rings. The summed E-state index contributed by atoms with van der Waals surface area (Å²) >= 11 is 0. The zero-order valence-corrected chi connectivity index (χ0v) is 20.9. The molecule has 0 unspecified atom stereocenters. The molecule has 4 aromatic rings.